The highest BCUT2D eigenvalue weighted by Gasteiger charge is 2.27. The van der Waals surface area contributed by atoms with Gasteiger partial charge < -0.3 is 15.8 Å². The van der Waals surface area contributed by atoms with Crippen LogP contribution in [-0.4, -0.2) is 23.0 Å². The van der Waals surface area contributed by atoms with Crippen LogP contribution in [0, 0.1) is 0 Å². The number of pyridine rings is 1. The Hall–Kier alpha value is -1.53. The van der Waals surface area contributed by atoms with Crippen molar-refractivity contribution in [1.29, 1.82) is 0 Å². The number of rotatable bonds is 7. The lowest BCUT2D eigenvalue weighted by molar-refractivity contribution is 0.0895. The molecule has 0 saturated carbocycles. The Balaban J connectivity index is 0.00000312. The highest BCUT2D eigenvalue weighted by atomic mass is 35.5. The number of benzene rings is 1. The molecule has 0 atom stereocenters. The maximum Gasteiger partial charge on any atom is 0.251 e. The number of hydrogen-bond donors (Lipinski definition) is 2. The molecule has 2 rings (SSSR count). The van der Waals surface area contributed by atoms with Crippen LogP contribution in [0.5, 0.6) is 11.5 Å². The summed E-state index contributed by atoms with van der Waals surface area (Å²) in [5, 5.41) is 3.39. The van der Waals surface area contributed by atoms with E-state index in [9.17, 15) is 4.79 Å². The Morgan fingerprint density at radius 1 is 1.19 bits per heavy atom. The van der Waals surface area contributed by atoms with E-state index in [0.29, 0.717) is 28.6 Å². The Morgan fingerprint density at radius 3 is 2.31 bits per heavy atom. The van der Waals surface area contributed by atoms with Gasteiger partial charge in [0.05, 0.1) is 10.6 Å². The minimum atomic E-state index is -0.393. The maximum absolute atomic E-state index is 12.5. The number of carbonyl (C=O) groups is 1. The largest absolute Gasteiger partial charge is 0.456 e. The van der Waals surface area contributed by atoms with Gasteiger partial charge in [-0.15, -0.1) is 24.8 Å². The van der Waals surface area contributed by atoms with Gasteiger partial charge in [-0.2, -0.15) is 0 Å². The van der Waals surface area contributed by atoms with Crippen LogP contribution in [-0.2, 0) is 0 Å². The van der Waals surface area contributed by atoms with Crippen LogP contribution in [0.2, 0.25) is 5.02 Å². The van der Waals surface area contributed by atoms with Crippen LogP contribution < -0.4 is 15.8 Å². The molecule has 0 saturated heterocycles. The van der Waals surface area contributed by atoms with Crippen molar-refractivity contribution in [1.82, 2.24) is 10.3 Å². The second kappa shape index (κ2) is 11.2. The van der Waals surface area contributed by atoms with Crippen molar-refractivity contribution in [3.8, 4) is 11.5 Å². The van der Waals surface area contributed by atoms with Gasteiger partial charge in [-0.3, -0.25) is 9.78 Å². The molecule has 144 valence electrons. The molecule has 1 heterocycles. The fraction of sp³-hybridized carbons (Fsp3) is 0.333. The molecule has 0 bridgehead atoms. The molecule has 3 N–H and O–H groups in total. The molecule has 5 nitrogen and oxygen atoms in total. The summed E-state index contributed by atoms with van der Waals surface area (Å²) in [5.41, 5.74) is 5.91. The number of nitrogens with zero attached hydrogens (tertiary/aromatic N) is 1. The topological polar surface area (TPSA) is 77.2 Å². The molecule has 0 radical (unpaired) electrons. The van der Waals surface area contributed by atoms with Crippen molar-refractivity contribution in [2.24, 2.45) is 5.73 Å². The highest BCUT2D eigenvalue weighted by Crippen LogP contribution is 2.30. The van der Waals surface area contributed by atoms with E-state index in [0.717, 1.165) is 12.8 Å². The van der Waals surface area contributed by atoms with Crippen LogP contribution in [0.15, 0.2) is 42.7 Å². The molecular weight excluding hydrogens is 397 g/mol. The number of halogens is 3. The molecule has 1 aromatic heterocycles. The minimum absolute atomic E-state index is 0. The Labute approximate surface area is 171 Å². The predicted octanol–water partition coefficient (Wildman–Crippen LogP) is 4.62. The van der Waals surface area contributed by atoms with Crippen LogP contribution in [0.25, 0.3) is 0 Å². The fourth-order valence-electron chi connectivity index (χ4n) is 2.34. The molecule has 0 spiro atoms. The Kier molecular flexibility index (Phi) is 10.6. The molecule has 1 aromatic carbocycles. The van der Waals surface area contributed by atoms with Gasteiger partial charge in [0.15, 0.2) is 0 Å². The number of carbonyl (C=O) groups excluding carboxylic acids is 1. The van der Waals surface area contributed by atoms with E-state index in [2.05, 4.69) is 10.3 Å². The summed E-state index contributed by atoms with van der Waals surface area (Å²) in [6, 6.07) is 8.42. The first-order valence-corrected chi connectivity index (χ1v) is 8.31. The average Bonchev–Trinajstić information content (AvgIpc) is 2.62. The van der Waals surface area contributed by atoms with E-state index < -0.39 is 5.54 Å². The zero-order valence-corrected chi connectivity index (χ0v) is 17.1. The van der Waals surface area contributed by atoms with Crippen LogP contribution in [0.1, 0.15) is 37.0 Å². The maximum atomic E-state index is 12.5. The van der Waals surface area contributed by atoms with Gasteiger partial charge in [0, 0.05) is 24.5 Å². The van der Waals surface area contributed by atoms with Gasteiger partial charge in [0.1, 0.15) is 11.5 Å². The lowest BCUT2D eigenvalue weighted by Crippen LogP contribution is -2.52. The smallest absolute Gasteiger partial charge is 0.251 e. The molecule has 0 aliphatic carbocycles. The number of aromatic nitrogens is 1. The van der Waals surface area contributed by atoms with Crippen LogP contribution >= 0.6 is 36.4 Å². The van der Waals surface area contributed by atoms with Crippen molar-refractivity contribution in [2.45, 2.75) is 32.2 Å². The van der Waals surface area contributed by atoms with Gasteiger partial charge in [-0.1, -0.05) is 25.4 Å². The van der Waals surface area contributed by atoms with E-state index >= 15 is 0 Å². The summed E-state index contributed by atoms with van der Waals surface area (Å²) < 4.78 is 5.68. The predicted molar refractivity (Wildman–Crippen MR) is 110 cm³/mol. The minimum Gasteiger partial charge on any atom is -0.456 e. The molecule has 0 unspecified atom stereocenters. The average molecular weight is 421 g/mol. The molecule has 2 aromatic rings. The number of nitrogens with two attached hydrogens (primary N) is 1. The summed E-state index contributed by atoms with van der Waals surface area (Å²) in [4.78, 5) is 16.4. The zero-order chi connectivity index (χ0) is 17.6. The monoisotopic (exact) mass is 419 g/mol. The Morgan fingerprint density at radius 2 is 1.81 bits per heavy atom. The van der Waals surface area contributed by atoms with Gasteiger partial charge in [-0.25, -0.2) is 0 Å². The van der Waals surface area contributed by atoms with E-state index in [1.54, 1.807) is 42.7 Å². The second-order valence-corrected chi connectivity index (χ2v) is 5.98. The Bertz CT molecular complexity index is 687. The fourth-order valence-corrected chi connectivity index (χ4v) is 2.56. The molecule has 8 heteroatoms. The third-order valence-electron chi connectivity index (χ3n) is 4.19. The van der Waals surface area contributed by atoms with Crippen molar-refractivity contribution >= 4 is 42.3 Å². The van der Waals surface area contributed by atoms with Crippen LogP contribution in [0.3, 0.4) is 0 Å². The lowest BCUT2D eigenvalue weighted by Gasteiger charge is -2.31. The first-order chi connectivity index (χ1) is 11.5. The summed E-state index contributed by atoms with van der Waals surface area (Å²) in [6.07, 6.45) is 4.80. The SMILES string of the molecule is CCC(CC)(CN)NC(=O)c1ccc(Oc2ccncc2)c(Cl)c1.Cl.Cl. The van der Waals surface area contributed by atoms with Crippen molar-refractivity contribution in [2.75, 3.05) is 6.54 Å². The van der Waals surface area contributed by atoms with Crippen molar-refractivity contribution < 1.29 is 9.53 Å². The van der Waals surface area contributed by atoms with Gasteiger partial charge in [-0.05, 0) is 43.2 Å². The zero-order valence-electron chi connectivity index (χ0n) is 14.7. The van der Waals surface area contributed by atoms with Crippen molar-refractivity contribution in [3.63, 3.8) is 0 Å². The van der Waals surface area contributed by atoms with Crippen LogP contribution in [0.4, 0.5) is 0 Å². The molecule has 1 amide bonds. The first-order valence-electron chi connectivity index (χ1n) is 7.93. The molecule has 0 aliphatic heterocycles. The summed E-state index contributed by atoms with van der Waals surface area (Å²) >= 11 is 6.25. The standard InChI is InChI=1S/C18H22ClN3O2.2ClH/c1-3-18(4-2,12-20)22-17(23)13-5-6-16(15(19)11-13)24-14-7-9-21-10-8-14;;/h5-11H,3-4,12,20H2,1-2H3,(H,22,23);2*1H. The number of ether oxygens (including phenoxy) is 1. The molecular formula is C18H24Cl3N3O2. The summed E-state index contributed by atoms with van der Waals surface area (Å²) in [5.74, 6) is 0.917. The first kappa shape index (κ1) is 24.5. The number of hydrogen-bond acceptors (Lipinski definition) is 4. The quantitative estimate of drug-likeness (QED) is 0.685. The molecule has 0 aliphatic rings. The molecule has 26 heavy (non-hydrogen) atoms. The van der Waals surface area contributed by atoms with E-state index in [1.807, 2.05) is 13.8 Å². The number of amides is 1. The highest BCUT2D eigenvalue weighted by molar-refractivity contribution is 6.32. The molecule has 0 fully saturated rings. The second-order valence-electron chi connectivity index (χ2n) is 5.58. The van der Waals surface area contributed by atoms with E-state index in [4.69, 9.17) is 22.1 Å². The normalized spacial score (nSPS) is 10.3. The summed E-state index contributed by atoms with van der Waals surface area (Å²) in [6.45, 7) is 4.41. The lowest BCUT2D eigenvalue weighted by atomic mass is 9.92. The van der Waals surface area contributed by atoms with Gasteiger partial charge >= 0.3 is 0 Å². The van der Waals surface area contributed by atoms with Gasteiger partial charge in [0.25, 0.3) is 5.91 Å². The third kappa shape index (κ3) is 6.02. The van der Waals surface area contributed by atoms with Gasteiger partial charge in [0.2, 0.25) is 0 Å². The van der Waals surface area contributed by atoms with Crippen molar-refractivity contribution in [3.05, 3.63) is 53.3 Å². The van der Waals surface area contributed by atoms with E-state index in [-0.39, 0.29) is 30.7 Å². The van der Waals surface area contributed by atoms with E-state index in [1.165, 1.54) is 0 Å². The third-order valence-corrected chi connectivity index (χ3v) is 4.49. The summed E-state index contributed by atoms with van der Waals surface area (Å²) in [7, 11) is 0. The number of nitrogens with one attached hydrogen (secondary N) is 1.